The van der Waals surface area contributed by atoms with Crippen LogP contribution in [0.15, 0.2) is 47.4 Å². The molecule has 3 rings (SSSR count). The van der Waals surface area contributed by atoms with Crippen LogP contribution >= 0.6 is 11.6 Å². The van der Waals surface area contributed by atoms with E-state index in [0.717, 1.165) is 17.8 Å². The van der Waals surface area contributed by atoms with Crippen LogP contribution in [-0.4, -0.2) is 44.7 Å². The van der Waals surface area contributed by atoms with E-state index in [0.29, 0.717) is 31.7 Å². The van der Waals surface area contributed by atoms with Crippen molar-refractivity contribution in [2.45, 2.75) is 11.8 Å². The van der Waals surface area contributed by atoms with Gasteiger partial charge in [0.25, 0.3) is 0 Å². The largest absolute Gasteiger partial charge is 0.369 e. The summed E-state index contributed by atoms with van der Waals surface area (Å²) in [7, 11) is -3.71. The molecule has 0 aromatic heterocycles. The lowest BCUT2D eigenvalue weighted by atomic mass is 10.1. The molecule has 0 saturated carbocycles. The van der Waals surface area contributed by atoms with E-state index in [1.807, 2.05) is 12.1 Å². The zero-order valence-electron chi connectivity index (χ0n) is 14.2. The zero-order valence-corrected chi connectivity index (χ0v) is 15.7. The molecule has 0 N–H and O–H groups in total. The number of carbonyl (C=O) groups excluding carboxylic acids is 1. The first-order chi connectivity index (χ1) is 12.3. The minimum absolute atomic E-state index is 0.00502. The number of sulfonamides is 1. The molecule has 0 atom stereocenters. The van der Waals surface area contributed by atoms with Crippen LogP contribution in [0.4, 0.5) is 10.1 Å². The van der Waals surface area contributed by atoms with Crippen LogP contribution in [0.25, 0.3) is 0 Å². The normalized spacial score (nSPS) is 15.9. The Bertz CT molecular complexity index is 924. The van der Waals surface area contributed by atoms with E-state index in [1.165, 1.54) is 17.3 Å². The standard InChI is InChI=1S/C18H18ClFN2O3S/c1-13(23)14-2-4-15(5-3-14)21-8-10-22(11-9-21)26(24,25)16-6-7-18(20)17(19)12-16/h2-7,12H,8-11H2,1H3. The Morgan fingerprint density at radius 3 is 2.19 bits per heavy atom. The lowest BCUT2D eigenvalue weighted by Gasteiger charge is -2.35. The molecule has 26 heavy (non-hydrogen) atoms. The number of Topliss-reactive ketones (excluding diaryl/α,β-unsaturated/α-hetero) is 1. The summed E-state index contributed by atoms with van der Waals surface area (Å²) < 4.78 is 40.1. The Labute approximate surface area is 157 Å². The fraction of sp³-hybridized carbons (Fsp3) is 0.278. The molecule has 138 valence electrons. The second-order valence-corrected chi connectivity index (χ2v) is 8.42. The number of halogens is 2. The number of rotatable bonds is 4. The van der Waals surface area contributed by atoms with E-state index in [-0.39, 0.29) is 15.7 Å². The molecule has 1 aliphatic rings. The van der Waals surface area contributed by atoms with E-state index >= 15 is 0 Å². The van der Waals surface area contributed by atoms with Gasteiger partial charge in [-0.1, -0.05) is 11.6 Å². The number of ketones is 1. The molecule has 0 unspecified atom stereocenters. The van der Waals surface area contributed by atoms with E-state index in [1.54, 1.807) is 12.1 Å². The molecule has 0 bridgehead atoms. The summed E-state index contributed by atoms with van der Waals surface area (Å²) in [4.78, 5) is 13.4. The highest BCUT2D eigenvalue weighted by atomic mass is 35.5. The van der Waals surface area contributed by atoms with E-state index < -0.39 is 15.8 Å². The van der Waals surface area contributed by atoms with Gasteiger partial charge in [0.05, 0.1) is 9.92 Å². The van der Waals surface area contributed by atoms with Crippen molar-refractivity contribution in [2.24, 2.45) is 0 Å². The van der Waals surface area contributed by atoms with Gasteiger partial charge in [-0.2, -0.15) is 4.31 Å². The molecule has 0 amide bonds. The smallest absolute Gasteiger partial charge is 0.243 e. The quantitative estimate of drug-likeness (QED) is 0.745. The van der Waals surface area contributed by atoms with Gasteiger partial charge in [0, 0.05) is 37.4 Å². The first-order valence-corrected chi connectivity index (χ1v) is 9.92. The van der Waals surface area contributed by atoms with Gasteiger partial charge in [-0.25, -0.2) is 12.8 Å². The lowest BCUT2D eigenvalue weighted by Crippen LogP contribution is -2.48. The molecule has 8 heteroatoms. The predicted octanol–water partition coefficient (Wildman–Crippen LogP) is 3.19. The van der Waals surface area contributed by atoms with E-state index in [4.69, 9.17) is 11.6 Å². The Hall–Kier alpha value is -1.96. The van der Waals surface area contributed by atoms with Crippen LogP contribution in [0.1, 0.15) is 17.3 Å². The molecular formula is C18H18ClFN2O3S. The number of nitrogens with zero attached hydrogens (tertiary/aromatic N) is 2. The van der Waals surface area contributed by atoms with E-state index in [2.05, 4.69) is 4.90 Å². The third-order valence-electron chi connectivity index (χ3n) is 4.41. The third-order valence-corrected chi connectivity index (χ3v) is 6.59. The van der Waals surface area contributed by atoms with Crippen LogP contribution in [0.5, 0.6) is 0 Å². The topological polar surface area (TPSA) is 57.7 Å². The van der Waals surface area contributed by atoms with Gasteiger partial charge in [0.2, 0.25) is 10.0 Å². The molecule has 5 nitrogen and oxygen atoms in total. The van der Waals surface area contributed by atoms with Crippen LogP contribution in [0, 0.1) is 5.82 Å². The minimum atomic E-state index is -3.71. The maximum absolute atomic E-state index is 13.3. The van der Waals surface area contributed by atoms with Gasteiger partial charge in [-0.15, -0.1) is 0 Å². The Morgan fingerprint density at radius 2 is 1.65 bits per heavy atom. The highest BCUT2D eigenvalue weighted by Gasteiger charge is 2.29. The molecule has 1 aliphatic heterocycles. The Balaban J connectivity index is 1.71. The second-order valence-electron chi connectivity index (χ2n) is 6.07. The number of benzene rings is 2. The maximum atomic E-state index is 13.3. The average Bonchev–Trinajstić information content (AvgIpc) is 2.64. The Kier molecular flexibility index (Phi) is 5.32. The van der Waals surface area contributed by atoms with Gasteiger partial charge in [-0.05, 0) is 49.4 Å². The molecular weight excluding hydrogens is 379 g/mol. The van der Waals surface area contributed by atoms with Crippen molar-refractivity contribution in [2.75, 3.05) is 31.1 Å². The number of carbonyl (C=O) groups is 1. The van der Waals surface area contributed by atoms with Crippen molar-refractivity contribution in [1.29, 1.82) is 0 Å². The van der Waals surface area contributed by atoms with Crippen LogP contribution in [-0.2, 0) is 10.0 Å². The SMILES string of the molecule is CC(=O)c1ccc(N2CCN(S(=O)(=O)c3ccc(F)c(Cl)c3)CC2)cc1. The minimum Gasteiger partial charge on any atom is -0.369 e. The molecule has 2 aromatic rings. The Morgan fingerprint density at radius 1 is 1.04 bits per heavy atom. The molecule has 1 heterocycles. The highest BCUT2D eigenvalue weighted by Crippen LogP contribution is 2.24. The van der Waals surface area contributed by atoms with Gasteiger partial charge in [-0.3, -0.25) is 4.79 Å². The monoisotopic (exact) mass is 396 g/mol. The maximum Gasteiger partial charge on any atom is 0.243 e. The first-order valence-electron chi connectivity index (χ1n) is 8.10. The molecule has 2 aromatic carbocycles. The zero-order chi connectivity index (χ0) is 18.9. The van der Waals surface area contributed by atoms with Gasteiger partial charge in [0.1, 0.15) is 5.82 Å². The number of hydrogen-bond acceptors (Lipinski definition) is 4. The average molecular weight is 397 g/mol. The highest BCUT2D eigenvalue weighted by molar-refractivity contribution is 7.89. The molecule has 0 radical (unpaired) electrons. The van der Waals surface area contributed by atoms with E-state index in [9.17, 15) is 17.6 Å². The fourth-order valence-corrected chi connectivity index (χ4v) is 4.57. The van der Waals surface area contributed by atoms with Gasteiger partial charge in [0.15, 0.2) is 5.78 Å². The van der Waals surface area contributed by atoms with Gasteiger partial charge >= 0.3 is 0 Å². The number of hydrogen-bond donors (Lipinski definition) is 0. The summed E-state index contributed by atoms with van der Waals surface area (Å²) in [6.07, 6.45) is 0. The summed E-state index contributed by atoms with van der Waals surface area (Å²) in [5.74, 6) is -0.644. The van der Waals surface area contributed by atoms with Crippen molar-refractivity contribution < 1.29 is 17.6 Å². The number of piperazine rings is 1. The van der Waals surface area contributed by atoms with Crippen molar-refractivity contribution in [3.63, 3.8) is 0 Å². The summed E-state index contributed by atoms with van der Waals surface area (Å²) >= 11 is 5.71. The molecule has 1 saturated heterocycles. The summed E-state index contributed by atoms with van der Waals surface area (Å²) in [5, 5.41) is -0.213. The van der Waals surface area contributed by atoms with Crippen molar-refractivity contribution >= 4 is 33.1 Å². The third kappa shape index (κ3) is 3.75. The van der Waals surface area contributed by atoms with Gasteiger partial charge < -0.3 is 4.90 Å². The molecule has 0 spiro atoms. The summed E-state index contributed by atoms with van der Waals surface area (Å²) in [5.41, 5.74) is 1.58. The van der Waals surface area contributed by atoms with Crippen molar-refractivity contribution in [3.05, 3.63) is 58.9 Å². The van der Waals surface area contributed by atoms with Crippen molar-refractivity contribution in [1.82, 2.24) is 4.31 Å². The first kappa shape index (κ1) is 18.8. The van der Waals surface area contributed by atoms with Crippen LogP contribution in [0.2, 0.25) is 5.02 Å². The fourth-order valence-electron chi connectivity index (χ4n) is 2.88. The summed E-state index contributed by atoms with van der Waals surface area (Å²) in [6.45, 7) is 3.18. The predicted molar refractivity (Wildman–Crippen MR) is 98.8 cm³/mol. The molecule has 1 fully saturated rings. The van der Waals surface area contributed by atoms with Crippen molar-refractivity contribution in [3.8, 4) is 0 Å². The lowest BCUT2D eigenvalue weighted by molar-refractivity contribution is 0.101. The van der Waals surface area contributed by atoms with Crippen LogP contribution < -0.4 is 4.90 Å². The summed E-state index contributed by atoms with van der Waals surface area (Å²) in [6, 6.07) is 10.7. The second kappa shape index (κ2) is 7.34. The number of anilines is 1. The van der Waals surface area contributed by atoms with Crippen LogP contribution in [0.3, 0.4) is 0 Å². The molecule has 0 aliphatic carbocycles.